The van der Waals surface area contributed by atoms with E-state index < -0.39 is 22.6 Å². The third-order valence-electron chi connectivity index (χ3n) is 1.87. The highest BCUT2D eigenvalue weighted by molar-refractivity contribution is 6.17. The number of alkyl halides is 3. The third kappa shape index (κ3) is 2.38. The SMILES string of the molecule is Cc1nc(CCl)c([N+](=O)[O-])cc1C(F)F. The van der Waals surface area contributed by atoms with Gasteiger partial charge in [0, 0.05) is 17.3 Å². The van der Waals surface area contributed by atoms with Crippen molar-refractivity contribution in [2.75, 3.05) is 0 Å². The van der Waals surface area contributed by atoms with Crippen molar-refractivity contribution in [1.29, 1.82) is 0 Å². The summed E-state index contributed by atoms with van der Waals surface area (Å²) in [6, 6.07) is 0.824. The van der Waals surface area contributed by atoms with Crippen LogP contribution < -0.4 is 0 Å². The highest BCUT2D eigenvalue weighted by atomic mass is 35.5. The smallest absolute Gasteiger partial charge is 0.258 e. The number of aryl methyl sites for hydroxylation is 1. The van der Waals surface area contributed by atoms with Gasteiger partial charge >= 0.3 is 0 Å². The lowest BCUT2D eigenvalue weighted by atomic mass is 10.1. The number of nitrogens with zero attached hydrogens (tertiary/aromatic N) is 2. The summed E-state index contributed by atoms with van der Waals surface area (Å²) in [6.07, 6.45) is -2.78. The topological polar surface area (TPSA) is 56.0 Å². The summed E-state index contributed by atoms with van der Waals surface area (Å²) in [5.41, 5.74) is -0.837. The highest BCUT2D eigenvalue weighted by Gasteiger charge is 2.21. The van der Waals surface area contributed by atoms with Crippen molar-refractivity contribution in [2.45, 2.75) is 19.2 Å². The van der Waals surface area contributed by atoms with E-state index in [1.165, 1.54) is 6.92 Å². The van der Waals surface area contributed by atoms with E-state index in [9.17, 15) is 18.9 Å². The maximum atomic E-state index is 12.4. The van der Waals surface area contributed by atoms with Crippen molar-refractivity contribution in [3.05, 3.63) is 33.1 Å². The molecule has 82 valence electrons. The molecule has 4 nitrogen and oxygen atoms in total. The number of pyridine rings is 1. The molecule has 0 radical (unpaired) electrons. The molecule has 0 aliphatic rings. The number of halogens is 3. The van der Waals surface area contributed by atoms with Crippen LogP contribution in [0.25, 0.3) is 0 Å². The average Bonchev–Trinajstić information content (AvgIpc) is 2.16. The maximum absolute atomic E-state index is 12.4. The number of nitro groups is 1. The molecule has 0 unspecified atom stereocenters. The minimum atomic E-state index is -2.78. The van der Waals surface area contributed by atoms with Gasteiger partial charge in [0.1, 0.15) is 5.69 Å². The number of aromatic nitrogens is 1. The lowest BCUT2D eigenvalue weighted by molar-refractivity contribution is -0.385. The Balaban J connectivity index is 3.37. The molecule has 15 heavy (non-hydrogen) atoms. The van der Waals surface area contributed by atoms with Crippen molar-refractivity contribution in [3.63, 3.8) is 0 Å². The minimum Gasteiger partial charge on any atom is -0.258 e. The molecule has 1 heterocycles. The third-order valence-corrected chi connectivity index (χ3v) is 2.12. The molecular weight excluding hydrogens is 230 g/mol. The first-order chi connectivity index (χ1) is 6.97. The number of rotatable bonds is 3. The molecule has 1 rings (SSSR count). The van der Waals surface area contributed by atoms with E-state index in [0.717, 1.165) is 6.07 Å². The van der Waals surface area contributed by atoms with Crippen molar-refractivity contribution < 1.29 is 13.7 Å². The second kappa shape index (κ2) is 4.48. The summed E-state index contributed by atoms with van der Waals surface area (Å²) in [5, 5.41) is 10.5. The van der Waals surface area contributed by atoms with Gasteiger partial charge < -0.3 is 0 Å². The molecule has 0 saturated heterocycles. The predicted octanol–water partition coefficient (Wildman–Crippen LogP) is 2.97. The number of hydrogen-bond donors (Lipinski definition) is 0. The first kappa shape index (κ1) is 11.8. The van der Waals surface area contributed by atoms with Gasteiger partial charge in [-0.15, -0.1) is 11.6 Å². The molecule has 0 atom stereocenters. The van der Waals surface area contributed by atoms with Crippen LogP contribution in [0.2, 0.25) is 0 Å². The molecule has 0 aromatic carbocycles. The van der Waals surface area contributed by atoms with Crippen LogP contribution >= 0.6 is 11.6 Å². The lowest BCUT2D eigenvalue weighted by Gasteiger charge is -2.06. The van der Waals surface area contributed by atoms with E-state index in [-0.39, 0.29) is 17.3 Å². The zero-order chi connectivity index (χ0) is 11.6. The second-order valence-corrected chi connectivity index (χ2v) is 3.09. The quantitative estimate of drug-likeness (QED) is 0.461. The van der Waals surface area contributed by atoms with Gasteiger partial charge in [-0.3, -0.25) is 10.1 Å². The summed E-state index contributed by atoms with van der Waals surface area (Å²) < 4.78 is 24.8. The van der Waals surface area contributed by atoms with Gasteiger partial charge in [0.25, 0.3) is 12.1 Å². The molecule has 0 fully saturated rings. The Bertz CT molecular complexity index is 398. The molecule has 7 heteroatoms. The van der Waals surface area contributed by atoms with Gasteiger partial charge in [-0.1, -0.05) is 0 Å². The highest BCUT2D eigenvalue weighted by Crippen LogP contribution is 2.28. The van der Waals surface area contributed by atoms with Crippen molar-refractivity contribution >= 4 is 17.3 Å². The van der Waals surface area contributed by atoms with Crippen molar-refractivity contribution in [3.8, 4) is 0 Å². The van der Waals surface area contributed by atoms with Gasteiger partial charge in [0.05, 0.1) is 10.8 Å². The van der Waals surface area contributed by atoms with Crippen LogP contribution in [0.1, 0.15) is 23.4 Å². The Morgan fingerprint density at radius 1 is 1.67 bits per heavy atom. The molecule has 1 aromatic heterocycles. The fourth-order valence-corrected chi connectivity index (χ4v) is 1.33. The first-order valence-corrected chi connectivity index (χ1v) is 4.49. The molecule has 0 aliphatic heterocycles. The molecule has 0 amide bonds. The van der Waals surface area contributed by atoms with E-state index in [0.29, 0.717) is 0 Å². The van der Waals surface area contributed by atoms with Crippen LogP contribution in [0.15, 0.2) is 6.07 Å². The predicted molar refractivity (Wildman–Crippen MR) is 50.1 cm³/mol. The Labute approximate surface area is 89.0 Å². The largest absolute Gasteiger partial charge is 0.292 e. The average molecular weight is 237 g/mol. The Morgan fingerprint density at radius 2 is 2.27 bits per heavy atom. The Morgan fingerprint density at radius 3 is 2.67 bits per heavy atom. The van der Waals surface area contributed by atoms with Crippen molar-refractivity contribution in [2.24, 2.45) is 0 Å². The molecule has 0 N–H and O–H groups in total. The lowest BCUT2D eigenvalue weighted by Crippen LogP contribution is -2.02. The maximum Gasteiger partial charge on any atom is 0.292 e. The summed E-state index contributed by atoms with van der Waals surface area (Å²) in [5.74, 6) is -0.180. The summed E-state index contributed by atoms with van der Waals surface area (Å²) in [6.45, 7) is 1.36. The van der Waals surface area contributed by atoms with Crippen LogP contribution in [0, 0.1) is 17.0 Å². The molecule has 0 aliphatic carbocycles. The molecule has 1 aromatic rings. The Hall–Kier alpha value is -1.30. The second-order valence-electron chi connectivity index (χ2n) is 2.82. The zero-order valence-corrected chi connectivity index (χ0v) is 8.46. The standard InChI is InChI=1S/C8H7ClF2N2O2/c1-4-5(8(10)11)2-7(13(14)15)6(3-9)12-4/h2,8H,3H2,1H3. The van der Waals surface area contributed by atoms with E-state index in [1.54, 1.807) is 0 Å². The van der Waals surface area contributed by atoms with Crippen LogP contribution in [-0.2, 0) is 5.88 Å². The fourth-order valence-electron chi connectivity index (χ4n) is 1.14. The van der Waals surface area contributed by atoms with Gasteiger partial charge in [-0.2, -0.15) is 0 Å². The van der Waals surface area contributed by atoms with Gasteiger partial charge in [0.15, 0.2) is 0 Å². The van der Waals surface area contributed by atoms with Crippen molar-refractivity contribution in [1.82, 2.24) is 4.98 Å². The molecule has 0 spiro atoms. The van der Waals surface area contributed by atoms with E-state index in [4.69, 9.17) is 11.6 Å². The van der Waals surface area contributed by atoms with Crippen LogP contribution in [0.4, 0.5) is 14.5 Å². The Kier molecular flexibility index (Phi) is 3.52. The van der Waals surface area contributed by atoms with Crippen LogP contribution in [0.5, 0.6) is 0 Å². The molecule has 0 saturated carbocycles. The van der Waals surface area contributed by atoms with E-state index >= 15 is 0 Å². The van der Waals surface area contributed by atoms with Crippen LogP contribution in [-0.4, -0.2) is 9.91 Å². The summed E-state index contributed by atoms with van der Waals surface area (Å²) in [4.78, 5) is 13.4. The summed E-state index contributed by atoms with van der Waals surface area (Å²) in [7, 11) is 0. The molecular formula is C8H7ClF2N2O2. The monoisotopic (exact) mass is 236 g/mol. The number of hydrogen-bond acceptors (Lipinski definition) is 3. The normalized spacial score (nSPS) is 10.7. The first-order valence-electron chi connectivity index (χ1n) is 3.96. The minimum absolute atomic E-state index is 0.00330. The van der Waals surface area contributed by atoms with Crippen LogP contribution in [0.3, 0.4) is 0 Å². The van der Waals surface area contributed by atoms with Gasteiger partial charge in [-0.05, 0) is 6.92 Å². The van der Waals surface area contributed by atoms with E-state index in [1.807, 2.05) is 0 Å². The van der Waals surface area contributed by atoms with Gasteiger partial charge in [-0.25, -0.2) is 13.8 Å². The molecule has 0 bridgehead atoms. The van der Waals surface area contributed by atoms with E-state index in [2.05, 4.69) is 4.98 Å². The fraction of sp³-hybridized carbons (Fsp3) is 0.375. The van der Waals surface area contributed by atoms with Gasteiger partial charge in [0.2, 0.25) is 0 Å². The zero-order valence-electron chi connectivity index (χ0n) is 7.71. The summed E-state index contributed by atoms with van der Waals surface area (Å²) >= 11 is 5.43.